The van der Waals surface area contributed by atoms with Crippen LogP contribution in [0.15, 0.2) is 18.2 Å². The average Bonchev–Trinajstić information content (AvgIpc) is 2.29. The van der Waals surface area contributed by atoms with E-state index in [2.05, 4.69) is 22.6 Å². The molecule has 4 heteroatoms. The van der Waals surface area contributed by atoms with Crippen LogP contribution in [0.25, 0.3) is 10.1 Å². The number of fused-ring (bicyclic) bond motifs is 1. The van der Waals surface area contributed by atoms with Crippen LogP contribution in [0.3, 0.4) is 0 Å². The van der Waals surface area contributed by atoms with Gasteiger partial charge in [-0.25, -0.2) is 0 Å². The zero-order valence-electron chi connectivity index (χ0n) is 6.04. The van der Waals surface area contributed by atoms with E-state index < -0.39 is 0 Å². The number of rotatable bonds is 0. The van der Waals surface area contributed by atoms with Crippen molar-refractivity contribution in [1.29, 1.82) is 0 Å². The molecule has 0 unspecified atom stereocenters. The van der Waals surface area contributed by atoms with Crippen molar-refractivity contribution in [3.63, 3.8) is 0 Å². The Labute approximate surface area is 87.1 Å². The lowest BCUT2D eigenvalue weighted by atomic mass is 10.2. The molecule has 0 saturated carbocycles. The molecule has 2 rings (SSSR count). The minimum absolute atomic E-state index is 0.222. The molecule has 0 fully saturated rings. The van der Waals surface area contributed by atoms with Gasteiger partial charge >= 0.3 is 0 Å². The Morgan fingerprint density at radius 2 is 2.17 bits per heavy atom. The smallest absolute Gasteiger partial charge is 0.158 e. The van der Waals surface area contributed by atoms with Gasteiger partial charge in [0.2, 0.25) is 0 Å². The van der Waals surface area contributed by atoms with Crippen molar-refractivity contribution in [3.8, 4) is 5.75 Å². The molecule has 0 bridgehead atoms. The van der Waals surface area contributed by atoms with Crippen LogP contribution >= 0.6 is 33.9 Å². The molecular weight excluding hydrogens is 285 g/mol. The van der Waals surface area contributed by atoms with Crippen LogP contribution in [0.5, 0.6) is 5.75 Å². The molecule has 0 spiro atoms. The van der Waals surface area contributed by atoms with Gasteiger partial charge in [0.15, 0.2) is 5.75 Å². The van der Waals surface area contributed by atoms with E-state index in [0.717, 1.165) is 13.7 Å². The first kappa shape index (κ1) is 8.12. The van der Waals surface area contributed by atoms with E-state index in [4.69, 9.17) is 5.73 Å². The van der Waals surface area contributed by atoms with Crippen LogP contribution in [-0.2, 0) is 0 Å². The number of hydrogen-bond donors (Lipinski definition) is 2. The fourth-order valence-corrected chi connectivity index (χ4v) is 2.94. The summed E-state index contributed by atoms with van der Waals surface area (Å²) in [5, 5.41) is 10.9. The minimum Gasteiger partial charge on any atom is -0.504 e. The second kappa shape index (κ2) is 2.77. The van der Waals surface area contributed by atoms with Crippen molar-refractivity contribution in [3.05, 3.63) is 21.8 Å². The molecule has 0 aliphatic heterocycles. The molecule has 1 aromatic heterocycles. The Balaban J connectivity index is 2.97. The number of thiophene rings is 1. The van der Waals surface area contributed by atoms with Gasteiger partial charge in [0, 0.05) is 13.7 Å². The number of anilines is 1. The van der Waals surface area contributed by atoms with Gasteiger partial charge in [0.05, 0.1) is 0 Å². The second-order valence-corrected chi connectivity index (χ2v) is 4.67. The highest BCUT2D eigenvalue weighted by molar-refractivity contribution is 14.1. The van der Waals surface area contributed by atoms with Gasteiger partial charge in [0.1, 0.15) is 5.00 Å². The van der Waals surface area contributed by atoms with E-state index in [1.807, 2.05) is 18.2 Å². The van der Waals surface area contributed by atoms with Gasteiger partial charge in [-0.1, -0.05) is 6.07 Å². The highest BCUT2D eigenvalue weighted by Crippen LogP contribution is 2.40. The Hall–Kier alpha value is -0.490. The van der Waals surface area contributed by atoms with Gasteiger partial charge in [-0.05, 0) is 34.7 Å². The Morgan fingerprint density at radius 3 is 2.83 bits per heavy atom. The predicted molar refractivity (Wildman–Crippen MR) is 60.6 cm³/mol. The van der Waals surface area contributed by atoms with E-state index in [0.29, 0.717) is 5.00 Å². The summed E-state index contributed by atoms with van der Waals surface area (Å²) in [7, 11) is 0. The van der Waals surface area contributed by atoms with Crippen molar-refractivity contribution in [2.45, 2.75) is 0 Å². The number of halogens is 1. The Morgan fingerprint density at radius 1 is 1.42 bits per heavy atom. The summed E-state index contributed by atoms with van der Waals surface area (Å²) in [6.07, 6.45) is 0. The standard InChI is InChI=1S/C8H6INOS/c9-4-2-1-3-5-6(4)7(11)8(10)12-5/h1-3,11H,10H2. The maximum Gasteiger partial charge on any atom is 0.158 e. The molecule has 0 radical (unpaired) electrons. The third-order valence-corrected chi connectivity index (χ3v) is 3.54. The molecule has 0 saturated heterocycles. The van der Waals surface area contributed by atoms with E-state index in [-0.39, 0.29) is 5.75 Å². The summed E-state index contributed by atoms with van der Waals surface area (Å²) in [6, 6.07) is 5.87. The molecule has 62 valence electrons. The summed E-state index contributed by atoms with van der Waals surface area (Å²) in [5.74, 6) is 0.222. The van der Waals surface area contributed by atoms with E-state index in [9.17, 15) is 5.11 Å². The highest BCUT2D eigenvalue weighted by atomic mass is 127. The normalized spacial score (nSPS) is 10.8. The largest absolute Gasteiger partial charge is 0.504 e. The second-order valence-electron chi connectivity index (χ2n) is 2.43. The molecule has 2 nitrogen and oxygen atoms in total. The molecule has 1 aromatic carbocycles. The van der Waals surface area contributed by atoms with Crippen LogP contribution in [0.1, 0.15) is 0 Å². The summed E-state index contributed by atoms with van der Waals surface area (Å²) >= 11 is 3.60. The maximum atomic E-state index is 9.56. The highest BCUT2D eigenvalue weighted by Gasteiger charge is 2.09. The average molecular weight is 291 g/mol. The first-order chi connectivity index (χ1) is 5.70. The van der Waals surface area contributed by atoms with E-state index >= 15 is 0 Å². The predicted octanol–water partition coefficient (Wildman–Crippen LogP) is 2.79. The zero-order chi connectivity index (χ0) is 8.72. The molecule has 3 N–H and O–H groups in total. The van der Waals surface area contributed by atoms with E-state index in [1.54, 1.807) is 0 Å². The fourth-order valence-electron chi connectivity index (χ4n) is 1.11. The summed E-state index contributed by atoms with van der Waals surface area (Å²) in [4.78, 5) is 0. The van der Waals surface area contributed by atoms with Gasteiger partial charge in [-0.15, -0.1) is 11.3 Å². The number of aromatic hydroxyl groups is 1. The lowest BCUT2D eigenvalue weighted by Gasteiger charge is -1.93. The van der Waals surface area contributed by atoms with Crippen molar-refractivity contribution in [1.82, 2.24) is 0 Å². The molecule has 12 heavy (non-hydrogen) atoms. The molecule has 0 aliphatic carbocycles. The number of nitrogen functional groups attached to an aromatic ring is 1. The third-order valence-electron chi connectivity index (χ3n) is 1.67. The third kappa shape index (κ3) is 1.06. The number of hydrogen-bond acceptors (Lipinski definition) is 3. The Bertz CT molecular complexity index is 438. The lowest BCUT2D eigenvalue weighted by Crippen LogP contribution is -1.77. The van der Waals surface area contributed by atoms with Crippen LogP contribution in [-0.4, -0.2) is 5.11 Å². The van der Waals surface area contributed by atoms with Gasteiger partial charge in [-0.3, -0.25) is 0 Å². The van der Waals surface area contributed by atoms with Crippen LogP contribution in [0.2, 0.25) is 0 Å². The van der Waals surface area contributed by atoms with Gasteiger partial charge in [-0.2, -0.15) is 0 Å². The van der Waals surface area contributed by atoms with E-state index in [1.165, 1.54) is 11.3 Å². The molecule has 0 amide bonds. The molecule has 0 atom stereocenters. The van der Waals surface area contributed by atoms with Crippen molar-refractivity contribution >= 4 is 49.0 Å². The minimum atomic E-state index is 0.222. The van der Waals surface area contributed by atoms with Crippen molar-refractivity contribution < 1.29 is 5.11 Å². The van der Waals surface area contributed by atoms with Gasteiger partial charge in [0.25, 0.3) is 0 Å². The quantitative estimate of drug-likeness (QED) is 0.733. The van der Waals surface area contributed by atoms with Crippen molar-refractivity contribution in [2.75, 3.05) is 5.73 Å². The monoisotopic (exact) mass is 291 g/mol. The zero-order valence-corrected chi connectivity index (χ0v) is 9.02. The summed E-state index contributed by atoms with van der Waals surface area (Å²) < 4.78 is 2.08. The Kier molecular flexibility index (Phi) is 1.88. The molecule has 1 heterocycles. The first-order valence-corrected chi connectivity index (χ1v) is 5.25. The first-order valence-electron chi connectivity index (χ1n) is 3.35. The maximum absolute atomic E-state index is 9.56. The summed E-state index contributed by atoms with van der Waals surface area (Å²) in [5.41, 5.74) is 5.59. The van der Waals surface area contributed by atoms with Gasteiger partial charge < -0.3 is 10.8 Å². The number of nitrogens with two attached hydrogens (primary N) is 1. The molecule has 2 aromatic rings. The lowest BCUT2D eigenvalue weighted by molar-refractivity contribution is 0.486. The molecular formula is C8H6INOS. The van der Waals surface area contributed by atoms with Crippen LogP contribution < -0.4 is 5.73 Å². The molecule has 0 aliphatic rings. The van der Waals surface area contributed by atoms with Crippen molar-refractivity contribution in [2.24, 2.45) is 0 Å². The number of benzene rings is 1. The fraction of sp³-hybridized carbons (Fsp3) is 0. The van der Waals surface area contributed by atoms with Crippen LogP contribution in [0.4, 0.5) is 5.00 Å². The SMILES string of the molecule is Nc1sc2cccc(I)c2c1O. The summed E-state index contributed by atoms with van der Waals surface area (Å²) in [6.45, 7) is 0. The van der Waals surface area contributed by atoms with Crippen LogP contribution in [0, 0.1) is 3.57 Å². The topological polar surface area (TPSA) is 46.2 Å².